The first kappa shape index (κ1) is 15.1. The van der Waals surface area contributed by atoms with Crippen LogP contribution in [0.1, 0.15) is 25.0 Å². The van der Waals surface area contributed by atoms with Crippen LogP contribution in [0.25, 0.3) is 0 Å². The van der Waals surface area contributed by atoms with Gasteiger partial charge in [-0.2, -0.15) is 0 Å². The zero-order chi connectivity index (χ0) is 13.0. The van der Waals surface area contributed by atoms with Gasteiger partial charge in [0.15, 0.2) is 0 Å². The van der Waals surface area contributed by atoms with E-state index < -0.39 is 7.28 Å². The fraction of sp³-hybridized carbons (Fsp3) is 0.500. The van der Waals surface area contributed by atoms with Gasteiger partial charge < -0.3 is 0 Å². The molecule has 1 aromatic carbocycles. The van der Waals surface area contributed by atoms with Crippen molar-refractivity contribution in [3.05, 3.63) is 35.4 Å². The molecule has 0 saturated carbocycles. The van der Waals surface area contributed by atoms with Crippen LogP contribution < -0.4 is 0 Å². The van der Waals surface area contributed by atoms with E-state index in [2.05, 4.69) is 15.9 Å². The summed E-state index contributed by atoms with van der Waals surface area (Å²) in [6.07, 6.45) is 0.531. The van der Waals surface area contributed by atoms with E-state index in [1.165, 1.54) is 5.56 Å². The van der Waals surface area contributed by atoms with E-state index in [1.807, 2.05) is 24.3 Å². The topological polar surface area (TPSA) is 49.7 Å². The van der Waals surface area contributed by atoms with E-state index in [0.717, 1.165) is 10.9 Å². The van der Waals surface area contributed by atoms with Crippen molar-refractivity contribution in [2.24, 2.45) is 0 Å². The average molecular weight is 323 g/mol. The third-order valence-corrected chi connectivity index (χ3v) is 6.89. The van der Waals surface area contributed by atoms with E-state index in [4.69, 9.17) is 4.52 Å². The van der Waals surface area contributed by atoms with Gasteiger partial charge in [0, 0.05) is 0 Å². The van der Waals surface area contributed by atoms with E-state index in [0.29, 0.717) is 0 Å². The minimum absolute atomic E-state index is 0.245. The van der Waals surface area contributed by atoms with Gasteiger partial charge in [-0.05, 0) is 0 Å². The molecule has 98 valence electrons. The second-order valence-corrected chi connectivity index (χ2v) is 8.84. The molecule has 0 saturated heterocycles. The number of hydrogen-bond acceptors (Lipinski definition) is 3. The molecule has 2 N–H and O–H groups in total. The second kappa shape index (κ2) is 5.77. The Hall–Kier alpha value is 0.0100. The van der Waals surface area contributed by atoms with Crippen molar-refractivity contribution >= 4 is 23.2 Å². The van der Waals surface area contributed by atoms with Crippen LogP contribution in [0.5, 0.6) is 0 Å². The van der Waals surface area contributed by atoms with Gasteiger partial charge in [0.25, 0.3) is 0 Å². The van der Waals surface area contributed by atoms with E-state index in [1.54, 1.807) is 13.8 Å². The van der Waals surface area contributed by atoms with Gasteiger partial charge >= 0.3 is 111 Å². The molecule has 0 aliphatic rings. The maximum absolute atomic E-state index is 10.1. The number of benzene rings is 1. The molecule has 1 aromatic rings. The zero-order valence-corrected chi connectivity index (χ0v) is 12.7. The Balaban J connectivity index is 2.66. The van der Waals surface area contributed by atoms with Crippen LogP contribution in [0, 0.1) is 0 Å². The van der Waals surface area contributed by atoms with Gasteiger partial charge in [-0.25, -0.2) is 0 Å². The predicted molar refractivity (Wildman–Crippen MR) is 76.3 cm³/mol. The monoisotopic (exact) mass is 322 g/mol. The van der Waals surface area contributed by atoms with Crippen LogP contribution in [0.4, 0.5) is 0 Å². The summed E-state index contributed by atoms with van der Waals surface area (Å²) in [6, 6.07) is 7.88. The molecule has 0 spiro atoms. The number of alkyl halides is 1. The van der Waals surface area contributed by atoms with Crippen LogP contribution in [0.2, 0.25) is 0 Å². The molecular weight excluding hydrogens is 303 g/mol. The summed E-state index contributed by atoms with van der Waals surface area (Å²) in [7, 11) is -3.88. The van der Waals surface area contributed by atoms with Crippen molar-refractivity contribution in [3.8, 4) is 0 Å². The first-order chi connectivity index (χ1) is 7.91. The van der Waals surface area contributed by atoms with Crippen LogP contribution in [0.15, 0.2) is 24.3 Å². The van der Waals surface area contributed by atoms with Gasteiger partial charge in [0.1, 0.15) is 0 Å². The summed E-state index contributed by atoms with van der Waals surface area (Å²) >= 11 is 3.38. The molecule has 17 heavy (non-hydrogen) atoms. The van der Waals surface area contributed by atoms with E-state index >= 15 is 0 Å². The molecule has 0 amide bonds. The van der Waals surface area contributed by atoms with Crippen LogP contribution in [-0.4, -0.2) is 22.1 Å². The van der Waals surface area contributed by atoms with Crippen molar-refractivity contribution in [2.75, 3.05) is 12.3 Å². The van der Waals surface area contributed by atoms with Gasteiger partial charge in [-0.1, -0.05) is 0 Å². The Kier molecular flexibility index (Phi) is 5.11. The molecule has 5 heteroatoms. The molecule has 0 aromatic heterocycles. The molecule has 0 radical (unpaired) electrons. The molecule has 0 atom stereocenters. The standard InChI is InChI=1S/C12H20BrO3P/c1-3-17(14,15,4-2)16-10-12-7-5-11(9-13)6-8-12/h5-8,14-15H,3-4,9-10H2,1-2H3. The Bertz CT molecular complexity index is 357. The fourth-order valence-corrected chi connectivity index (χ4v) is 2.99. The molecule has 0 bridgehead atoms. The molecule has 3 nitrogen and oxygen atoms in total. The summed E-state index contributed by atoms with van der Waals surface area (Å²) in [5, 5.41) is 0.817. The Morgan fingerprint density at radius 1 is 1.06 bits per heavy atom. The SMILES string of the molecule is CCP(O)(O)(CC)OCc1ccc(CBr)cc1. The number of hydrogen-bond donors (Lipinski definition) is 2. The fourth-order valence-electron chi connectivity index (χ4n) is 1.35. The first-order valence-corrected chi connectivity index (χ1v) is 9.27. The molecular formula is C12H20BrO3P. The second-order valence-electron chi connectivity index (χ2n) is 4.16. The molecule has 1 rings (SSSR count). The molecule has 0 aliphatic carbocycles. The number of halogens is 1. The Morgan fingerprint density at radius 2 is 1.53 bits per heavy atom. The molecule has 0 fully saturated rings. The third-order valence-electron chi connectivity index (χ3n) is 2.98. The predicted octanol–water partition coefficient (Wildman–Crippen LogP) is 3.42. The quantitative estimate of drug-likeness (QED) is 0.623. The van der Waals surface area contributed by atoms with Crippen molar-refractivity contribution in [2.45, 2.75) is 25.8 Å². The van der Waals surface area contributed by atoms with Gasteiger partial charge in [0.2, 0.25) is 0 Å². The Morgan fingerprint density at radius 3 is 1.94 bits per heavy atom. The normalized spacial score (nSPS) is 14.3. The van der Waals surface area contributed by atoms with Gasteiger partial charge in [0.05, 0.1) is 0 Å². The molecule has 0 heterocycles. The van der Waals surface area contributed by atoms with Crippen LogP contribution >= 0.6 is 23.2 Å². The van der Waals surface area contributed by atoms with Crippen molar-refractivity contribution < 1.29 is 14.3 Å². The summed E-state index contributed by atoms with van der Waals surface area (Å²) in [6.45, 7) is 3.74. The van der Waals surface area contributed by atoms with E-state index in [-0.39, 0.29) is 18.9 Å². The first-order valence-electron chi connectivity index (χ1n) is 5.71. The van der Waals surface area contributed by atoms with Crippen LogP contribution in [-0.2, 0) is 16.5 Å². The molecule has 0 aliphatic heterocycles. The summed E-state index contributed by atoms with van der Waals surface area (Å²) in [4.78, 5) is 20.2. The summed E-state index contributed by atoms with van der Waals surface area (Å²) in [5.41, 5.74) is 2.14. The summed E-state index contributed by atoms with van der Waals surface area (Å²) < 4.78 is 5.40. The average Bonchev–Trinajstić information content (AvgIpc) is 2.38. The minimum atomic E-state index is -3.88. The molecule has 0 unspecified atom stereocenters. The van der Waals surface area contributed by atoms with Crippen molar-refractivity contribution in [3.63, 3.8) is 0 Å². The van der Waals surface area contributed by atoms with Gasteiger partial charge in [-0.15, -0.1) is 0 Å². The van der Waals surface area contributed by atoms with Gasteiger partial charge in [-0.3, -0.25) is 0 Å². The van der Waals surface area contributed by atoms with Crippen LogP contribution in [0.3, 0.4) is 0 Å². The number of rotatable bonds is 6. The maximum atomic E-state index is 10.1. The zero-order valence-electron chi connectivity index (χ0n) is 10.3. The third kappa shape index (κ3) is 4.31. The van der Waals surface area contributed by atoms with Crippen molar-refractivity contribution in [1.82, 2.24) is 0 Å². The van der Waals surface area contributed by atoms with E-state index in [9.17, 15) is 9.79 Å². The summed E-state index contributed by atoms with van der Waals surface area (Å²) in [5.74, 6) is 0. The van der Waals surface area contributed by atoms with Crippen molar-refractivity contribution in [1.29, 1.82) is 0 Å². The Labute approximate surface area is 111 Å².